The maximum atomic E-state index is 13.0. The van der Waals surface area contributed by atoms with Crippen LogP contribution in [-0.2, 0) is 11.3 Å². The van der Waals surface area contributed by atoms with Crippen molar-refractivity contribution in [3.8, 4) is 0 Å². The minimum atomic E-state index is -0.275. The standard InChI is InChI=1S/C11H10FNO/c1-8-7-13(4-5-14)11-6-9(12)2-3-10(8)11/h2-3,5-7H,4H2,1H3. The van der Waals surface area contributed by atoms with Gasteiger partial charge in [-0.3, -0.25) is 0 Å². The van der Waals surface area contributed by atoms with Crippen molar-refractivity contribution < 1.29 is 9.18 Å². The third kappa shape index (κ3) is 1.31. The summed E-state index contributed by atoms with van der Waals surface area (Å²) in [6.45, 7) is 2.22. The van der Waals surface area contributed by atoms with Gasteiger partial charge in [0.15, 0.2) is 0 Å². The van der Waals surface area contributed by atoms with Gasteiger partial charge in [0.1, 0.15) is 12.1 Å². The highest BCUT2D eigenvalue weighted by atomic mass is 19.1. The van der Waals surface area contributed by atoms with Gasteiger partial charge >= 0.3 is 0 Å². The van der Waals surface area contributed by atoms with Crippen LogP contribution in [-0.4, -0.2) is 10.9 Å². The first-order valence-electron chi connectivity index (χ1n) is 4.41. The molecule has 0 saturated heterocycles. The first kappa shape index (κ1) is 8.94. The zero-order valence-corrected chi connectivity index (χ0v) is 7.83. The van der Waals surface area contributed by atoms with Crippen molar-refractivity contribution in [3.05, 3.63) is 35.8 Å². The molecule has 0 aliphatic heterocycles. The van der Waals surface area contributed by atoms with Gasteiger partial charge in [-0.2, -0.15) is 0 Å². The molecular formula is C11H10FNO. The Hall–Kier alpha value is -1.64. The number of hydrogen-bond acceptors (Lipinski definition) is 1. The first-order chi connectivity index (χ1) is 6.72. The summed E-state index contributed by atoms with van der Waals surface area (Å²) in [5, 5.41) is 0.994. The molecule has 1 aromatic carbocycles. The molecule has 0 N–H and O–H groups in total. The Balaban J connectivity index is 2.72. The van der Waals surface area contributed by atoms with Gasteiger partial charge in [-0.05, 0) is 30.7 Å². The third-order valence-electron chi connectivity index (χ3n) is 2.31. The van der Waals surface area contributed by atoms with Crippen molar-refractivity contribution in [3.63, 3.8) is 0 Å². The summed E-state index contributed by atoms with van der Waals surface area (Å²) in [6, 6.07) is 4.62. The zero-order chi connectivity index (χ0) is 10.1. The Bertz CT molecular complexity index is 487. The fraction of sp³-hybridized carbons (Fsp3) is 0.182. The molecule has 0 unspecified atom stereocenters. The average molecular weight is 191 g/mol. The van der Waals surface area contributed by atoms with E-state index < -0.39 is 0 Å². The number of carbonyl (C=O) groups excluding carboxylic acids is 1. The molecule has 0 saturated carbocycles. The predicted molar refractivity (Wildman–Crippen MR) is 52.7 cm³/mol. The molecule has 3 heteroatoms. The van der Waals surface area contributed by atoms with Gasteiger partial charge in [0, 0.05) is 11.6 Å². The average Bonchev–Trinajstić information content (AvgIpc) is 2.44. The number of aldehydes is 1. The van der Waals surface area contributed by atoms with E-state index in [4.69, 9.17) is 0 Å². The molecule has 72 valence electrons. The molecule has 0 spiro atoms. The maximum Gasteiger partial charge on any atom is 0.139 e. The van der Waals surface area contributed by atoms with Gasteiger partial charge in [0.2, 0.25) is 0 Å². The van der Waals surface area contributed by atoms with E-state index in [1.807, 2.05) is 13.1 Å². The summed E-state index contributed by atoms with van der Waals surface area (Å²) in [5.74, 6) is -0.275. The lowest BCUT2D eigenvalue weighted by atomic mass is 10.2. The van der Waals surface area contributed by atoms with Crippen LogP contribution in [0.3, 0.4) is 0 Å². The molecule has 2 nitrogen and oxygen atoms in total. The maximum absolute atomic E-state index is 13.0. The number of fused-ring (bicyclic) bond motifs is 1. The number of carbonyl (C=O) groups is 1. The van der Waals surface area contributed by atoms with Crippen LogP contribution in [0.25, 0.3) is 10.9 Å². The van der Waals surface area contributed by atoms with Crippen molar-refractivity contribution in [1.82, 2.24) is 4.57 Å². The second-order valence-corrected chi connectivity index (χ2v) is 3.29. The Labute approximate surface area is 81.0 Å². The molecule has 0 bridgehead atoms. The van der Waals surface area contributed by atoms with Crippen LogP contribution in [0.15, 0.2) is 24.4 Å². The highest BCUT2D eigenvalue weighted by Gasteiger charge is 2.05. The minimum Gasteiger partial charge on any atom is -0.340 e. The number of aromatic nitrogens is 1. The summed E-state index contributed by atoms with van der Waals surface area (Å²) in [5.41, 5.74) is 1.83. The smallest absolute Gasteiger partial charge is 0.139 e. The van der Waals surface area contributed by atoms with Crippen LogP contribution in [0.1, 0.15) is 5.56 Å². The zero-order valence-electron chi connectivity index (χ0n) is 7.83. The molecule has 0 aliphatic carbocycles. The second kappa shape index (κ2) is 3.25. The van der Waals surface area contributed by atoms with Crippen LogP contribution in [0.5, 0.6) is 0 Å². The topological polar surface area (TPSA) is 22.0 Å². The van der Waals surface area contributed by atoms with E-state index in [9.17, 15) is 9.18 Å². The lowest BCUT2D eigenvalue weighted by molar-refractivity contribution is -0.108. The Kier molecular flexibility index (Phi) is 2.08. The largest absolute Gasteiger partial charge is 0.340 e. The van der Waals surface area contributed by atoms with Crippen molar-refractivity contribution in [2.45, 2.75) is 13.5 Å². The molecule has 1 heterocycles. The molecule has 1 aromatic heterocycles. The van der Waals surface area contributed by atoms with Crippen LogP contribution in [0.2, 0.25) is 0 Å². The Morgan fingerprint density at radius 3 is 3.00 bits per heavy atom. The number of nitrogens with zero attached hydrogens (tertiary/aromatic N) is 1. The lowest BCUT2D eigenvalue weighted by Gasteiger charge is -1.98. The molecule has 0 aliphatic rings. The van der Waals surface area contributed by atoms with Gasteiger partial charge in [-0.15, -0.1) is 0 Å². The summed E-state index contributed by atoms with van der Waals surface area (Å²) >= 11 is 0. The van der Waals surface area contributed by atoms with Crippen molar-refractivity contribution in [2.75, 3.05) is 0 Å². The molecule has 0 fully saturated rings. The van der Waals surface area contributed by atoms with Crippen LogP contribution in [0.4, 0.5) is 4.39 Å². The number of halogens is 1. The highest BCUT2D eigenvalue weighted by molar-refractivity contribution is 5.84. The van der Waals surface area contributed by atoms with E-state index in [2.05, 4.69) is 0 Å². The highest BCUT2D eigenvalue weighted by Crippen LogP contribution is 2.21. The summed E-state index contributed by atoms with van der Waals surface area (Å²) < 4.78 is 14.7. The first-order valence-corrected chi connectivity index (χ1v) is 4.41. The number of benzene rings is 1. The molecule has 14 heavy (non-hydrogen) atoms. The van der Waals surface area contributed by atoms with Crippen LogP contribution >= 0.6 is 0 Å². The molecule has 2 rings (SSSR count). The molecular weight excluding hydrogens is 181 g/mol. The van der Waals surface area contributed by atoms with E-state index >= 15 is 0 Å². The normalized spacial score (nSPS) is 10.7. The van der Waals surface area contributed by atoms with E-state index in [0.29, 0.717) is 0 Å². The molecule has 2 aromatic rings. The number of rotatable bonds is 2. The van der Waals surface area contributed by atoms with Gasteiger partial charge in [-0.25, -0.2) is 4.39 Å². The van der Waals surface area contributed by atoms with Crippen LogP contribution in [0, 0.1) is 12.7 Å². The van der Waals surface area contributed by atoms with Gasteiger partial charge in [0.05, 0.1) is 12.1 Å². The van der Waals surface area contributed by atoms with Crippen molar-refractivity contribution in [2.24, 2.45) is 0 Å². The van der Waals surface area contributed by atoms with E-state index in [1.165, 1.54) is 12.1 Å². The Morgan fingerprint density at radius 2 is 2.29 bits per heavy atom. The van der Waals surface area contributed by atoms with Gasteiger partial charge < -0.3 is 9.36 Å². The van der Waals surface area contributed by atoms with Gasteiger partial charge in [-0.1, -0.05) is 0 Å². The minimum absolute atomic E-state index is 0.272. The monoisotopic (exact) mass is 191 g/mol. The lowest BCUT2D eigenvalue weighted by Crippen LogP contribution is -1.96. The van der Waals surface area contributed by atoms with E-state index in [-0.39, 0.29) is 12.4 Å². The molecule has 0 amide bonds. The van der Waals surface area contributed by atoms with Gasteiger partial charge in [0.25, 0.3) is 0 Å². The fourth-order valence-corrected chi connectivity index (χ4v) is 1.68. The summed E-state index contributed by atoms with van der Waals surface area (Å²) in [7, 11) is 0. The third-order valence-corrected chi connectivity index (χ3v) is 2.31. The summed E-state index contributed by atoms with van der Waals surface area (Å²) in [4.78, 5) is 10.4. The second-order valence-electron chi connectivity index (χ2n) is 3.29. The number of aryl methyl sites for hydroxylation is 1. The summed E-state index contributed by atoms with van der Waals surface area (Å²) in [6.07, 6.45) is 2.67. The van der Waals surface area contributed by atoms with E-state index in [1.54, 1.807) is 10.6 Å². The van der Waals surface area contributed by atoms with Crippen LogP contribution < -0.4 is 0 Å². The number of hydrogen-bond donors (Lipinski definition) is 0. The molecule has 0 radical (unpaired) electrons. The van der Waals surface area contributed by atoms with E-state index in [0.717, 1.165) is 22.8 Å². The predicted octanol–water partition coefficient (Wildman–Crippen LogP) is 2.29. The molecule has 0 atom stereocenters. The van der Waals surface area contributed by atoms with Crippen molar-refractivity contribution in [1.29, 1.82) is 0 Å². The fourth-order valence-electron chi connectivity index (χ4n) is 1.68. The quantitative estimate of drug-likeness (QED) is 0.667. The Morgan fingerprint density at radius 1 is 1.50 bits per heavy atom. The SMILES string of the molecule is Cc1cn(CC=O)c2cc(F)ccc12. The van der Waals surface area contributed by atoms with Crippen molar-refractivity contribution >= 4 is 17.2 Å².